The van der Waals surface area contributed by atoms with Crippen LogP contribution < -0.4 is 10.6 Å². The molecule has 2 atom stereocenters. The van der Waals surface area contributed by atoms with Gasteiger partial charge in [-0.05, 0) is 32.7 Å². The highest BCUT2D eigenvalue weighted by molar-refractivity contribution is 5.78. The molecule has 110 valence electrons. The fraction of sp³-hybridized carbons (Fsp3) is 0.929. The van der Waals surface area contributed by atoms with E-state index in [1.165, 1.54) is 32.1 Å². The third-order valence-corrected chi connectivity index (χ3v) is 4.49. The van der Waals surface area contributed by atoms with Crippen molar-refractivity contribution in [2.24, 2.45) is 0 Å². The number of amides is 1. The number of ether oxygens (including phenoxy) is 1. The molecule has 2 heterocycles. The van der Waals surface area contributed by atoms with E-state index in [0.29, 0.717) is 37.8 Å². The van der Waals surface area contributed by atoms with Crippen LogP contribution in [0.25, 0.3) is 0 Å². The van der Waals surface area contributed by atoms with Crippen LogP contribution in [0.5, 0.6) is 0 Å². The molecule has 2 saturated heterocycles. The lowest BCUT2D eigenvalue weighted by atomic mass is 9.82. The number of methoxy groups -OCH3 is 1. The Morgan fingerprint density at radius 1 is 1.32 bits per heavy atom. The number of hydrogen-bond acceptors (Lipinski definition) is 4. The lowest BCUT2D eigenvalue weighted by molar-refractivity contribution is -0.125. The Balaban J connectivity index is 1.84. The van der Waals surface area contributed by atoms with Gasteiger partial charge < -0.3 is 15.4 Å². The molecule has 2 fully saturated rings. The largest absolute Gasteiger partial charge is 0.383 e. The van der Waals surface area contributed by atoms with Gasteiger partial charge in [-0.3, -0.25) is 9.69 Å². The van der Waals surface area contributed by atoms with E-state index in [0.717, 1.165) is 0 Å². The van der Waals surface area contributed by atoms with Crippen molar-refractivity contribution in [2.75, 3.05) is 33.9 Å². The second-order valence-corrected chi connectivity index (χ2v) is 5.71. The van der Waals surface area contributed by atoms with Crippen LogP contribution in [0.2, 0.25) is 0 Å². The SMILES string of the molecule is CNC1CC2CCCC(C1)N2CC(=O)NCCOC. The van der Waals surface area contributed by atoms with Crippen LogP contribution in [-0.4, -0.2) is 62.8 Å². The minimum Gasteiger partial charge on any atom is -0.383 e. The summed E-state index contributed by atoms with van der Waals surface area (Å²) in [6.07, 6.45) is 6.14. The molecule has 2 unspecified atom stereocenters. The van der Waals surface area contributed by atoms with Crippen molar-refractivity contribution in [2.45, 2.75) is 50.2 Å². The molecule has 2 aliphatic heterocycles. The topological polar surface area (TPSA) is 53.6 Å². The Morgan fingerprint density at radius 2 is 2.00 bits per heavy atom. The molecule has 2 aliphatic rings. The maximum Gasteiger partial charge on any atom is 0.234 e. The van der Waals surface area contributed by atoms with E-state index in [9.17, 15) is 4.79 Å². The minimum atomic E-state index is 0.136. The van der Waals surface area contributed by atoms with Crippen molar-refractivity contribution >= 4 is 5.91 Å². The van der Waals surface area contributed by atoms with Crippen molar-refractivity contribution in [3.05, 3.63) is 0 Å². The van der Waals surface area contributed by atoms with Crippen molar-refractivity contribution in [3.8, 4) is 0 Å². The van der Waals surface area contributed by atoms with Crippen molar-refractivity contribution in [3.63, 3.8) is 0 Å². The Labute approximate surface area is 116 Å². The molecule has 0 saturated carbocycles. The molecule has 5 nitrogen and oxygen atoms in total. The highest BCUT2D eigenvalue weighted by atomic mass is 16.5. The highest BCUT2D eigenvalue weighted by Gasteiger charge is 2.38. The quantitative estimate of drug-likeness (QED) is 0.683. The summed E-state index contributed by atoms with van der Waals surface area (Å²) >= 11 is 0. The van der Waals surface area contributed by atoms with E-state index in [4.69, 9.17) is 4.74 Å². The van der Waals surface area contributed by atoms with Crippen LogP contribution in [0, 0.1) is 0 Å². The smallest absolute Gasteiger partial charge is 0.234 e. The summed E-state index contributed by atoms with van der Waals surface area (Å²) in [4.78, 5) is 14.4. The fourth-order valence-corrected chi connectivity index (χ4v) is 3.49. The van der Waals surface area contributed by atoms with Gasteiger partial charge in [-0.15, -0.1) is 0 Å². The predicted molar refractivity (Wildman–Crippen MR) is 75.1 cm³/mol. The number of nitrogens with zero attached hydrogens (tertiary/aromatic N) is 1. The second-order valence-electron chi connectivity index (χ2n) is 5.71. The second kappa shape index (κ2) is 7.22. The average Bonchev–Trinajstić information content (AvgIpc) is 2.38. The van der Waals surface area contributed by atoms with Gasteiger partial charge in [0.05, 0.1) is 13.2 Å². The molecular formula is C14H27N3O2. The maximum absolute atomic E-state index is 11.9. The first-order valence-corrected chi connectivity index (χ1v) is 7.43. The van der Waals surface area contributed by atoms with Gasteiger partial charge in [0, 0.05) is 31.8 Å². The van der Waals surface area contributed by atoms with Crippen molar-refractivity contribution < 1.29 is 9.53 Å². The fourth-order valence-electron chi connectivity index (χ4n) is 3.49. The number of carbonyl (C=O) groups excluding carboxylic acids is 1. The summed E-state index contributed by atoms with van der Waals surface area (Å²) in [6, 6.07) is 1.79. The van der Waals surface area contributed by atoms with Crippen LogP contribution in [0.4, 0.5) is 0 Å². The van der Waals surface area contributed by atoms with Crippen molar-refractivity contribution in [1.29, 1.82) is 0 Å². The van der Waals surface area contributed by atoms with Crippen LogP contribution >= 0.6 is 0 Å². The third-order valence-electron chi connectivity index (χ3n) is 4.49. The van der Waals surface area contributed by atoms with Crippen LogP contribution in [-0.2, 0) is 9.53 Å². The Kier molecular flexibility index (Phi) is 5.60. The monoisotopic (exact) mass is 269 g/mol. The van der Waals surface area contributed by atoms with Crippen LogP contribution in [0.15, 0.2) is 0 Å². The van der Waals surface area contributed by atoms with E-state index in [-0.39, 0.29) is 5.91 Å². The van der Waals surface area contributed by atoms with Gasteiger partial charge in [-0.1, -0.05) is 6.42 Å². The molecule has 0 aromatic carbocycles. The average molecular weight is 269 g/mol. The zero-order valence-electron chi connectivity index (χ0n) is 12.2. The molecule has 0 spiro atoms. The zero-order chi connectivity index (χ0) is 13.7. The lowest BCUT2D eigenvalue weighted by Crippen LogP contribution is -2.58. The van der Waals surface area contributed by atoms with E-state index >= 15 is 0 Å². The lowest BCUT2D eigenvalue weighted by Gasteiger charge is -2.48. The zero-order valence-corrected chi connectivity index (χ0v) is 12.2. The molecule has 0 aliphatic carbocycles. The summed E-state index contributed by atoms with van der Waals surface area (Å²) in [5.74, 6) is 0.136. The number of rotatable bonds is 6. The predicted octanol–water partition coefficient (Wildman–Crippen LogP) is 0.354. The Hall–Kier alpha value is -0.650. The molecule has 2 bridgehead atoms. The molecule has 2 N–H and O–H groups in total. The van der Waals surface area contributed by atoms with Gasteiger partial charge in [0.25, 0.3) is 0 Å². The summed E-state index contributed by atoms with van der Waals surface area (Å²) in [5, 5.41) is 6.33. The van der Waals surface area contributed by atoms with E-state index in [2.05, 4.69) is 15.5 Å². The standard InChI is InChI=1S/C14H27N3O2/c1-15-11-8-12-4-3-5-13(9-11)17(12)10-14(18)16-6-7-19-2/h11-13,15H,3-10H2,1-2H3,(H,16,18). The van der Waals surface area contributed by atoms with Gasteiger partial charge >= 0.3 is 0 Å². The normalized spacial score (nSPS) is 31.2. The molecule has 0 aromatic heterocycles. The van der Waals surface area contributed by atoms with Crippen LogP contribution in [0.3, 0.4) is 0 Å². The molecule has 5 heteroatoms. The molecule has 0 aromatic rings. The first-order valence-electron chi connectivity index (χ1n) is 7.43. The van der Waals surface area contributed by atoms with E-state index in [1.807, 2.05) is 7.05 Å². The summed E-state index contributed by atoms with van der Waals surface area (Å²) in [6.45, 7) is 1.74. The third kappa shape index (κ3) is 3.91. The highest BCUT2D eigenvalue weighted by Crippen LogP contribution is 2.33. The van der Waals surface area contributed by atoms with Gasteiger partial charge in [0.2, 0.25) is 5.91 Å². The van der Waals surface area contributed by atoms with Gasteiger partial charge in [-0.25, -0.2) is 0 Å². The maximum atomic E-state index is 11.9. The minimum absolute atomic E-state index is 0.136. The number of carbonyl (C=O) groups is 1. The first kappa shape index (κ1) is 14.8. The first-order chi connectivity index (χ1) is 9.24. The number of piperidine rings is 2. The molecule has 1 amide bonds. The Morgan fingerprint density at radius 3 is 2.58 bits per heavy atom. The van der Waals surface area contributed by atoms with Gasteiger partial charge in [0.1, 0.15) is 0 Å². The van der Waals surface area contributed by atoms with Crippen molar-refractivity contribution in [1.82, 2.24) is 15.5 Å². The molecule has 0 radical (unpaired) electrons. The number of hydrogen-bond donors (Lipinski definition) is 2. The van der Waals surface area contributed by atoms with Gasteiger partial charge in [-0.2, -0.15) is 0 Å². The number of nitrogens with one attached hydrogen (secondary N) is 2. The summed E-state index contributed by atoms with van der Waals surface area (Å²) in [5.41, 5.74) is 0. The molecular weight excluding hydrogens is 242 g/mol. The number of fused-ring (bicyclic) bond motifs is 2. The molecule has 2 rings (SSSR count). The summed E-state index contributed by atoms with van der Waals surface area (Å²) in [7, 11) is 3.70. The summed E-state index contributed by atoms with van der Waals surface area (Å²) < 4.78 is 4.95. The van der Waals surface area contributed by atoms with E-state index < -0.39 is 0 Å². The Bertz CT molecular complexity index is 284. The van der Waals surface area contributed by atoms with Crippen LogP contribution in [0.1, 0.15) is 32.1 Å². The molecule has 19 heavy (non-hydrogen) atoms. The van der Waals surface area contributed by atoms with Gasteiger partial charge in [0.15, 0.2) is 0 Å². The van der Waals surface area contributed by atoms with E-state index in [1.54, 1.807) is 7.11 Å².